The van der Waals surface area contributed by atoms with E-state index in [-0.39, 0.29) is 64.0 Å². The average molecular weight is 1460 g/mol. The van der Waals surface area contributed by atoms with E-state index in [9.17, 15) is 80.4 Å². The predicted octanol–water partition coefficient (Wildman–Crippen LogP) is 0.947. The third kappa shape index (κ3) is 15.7. The van der Waals surface area contributed by atoms with Crippen molar-refractivity contribution < 1.29 is 113 Å². The van der Waals surface area contributed by atoms with E-state index in [4.69, 9.17) is 63.1 Å². The number of amidine groups is 1. The monoisotopic (exact) mass is 1460 g/mol. The maximum Gasteiger partial charge on any atom is 0.330 e. The third-order valence-corrected chi connectivity index (χ3v) is 18.9. The second kappa shape index (κ2) is 30.8. The van der Waals surface area contributed by atoms with Crippen molar-refractivity contribution in [2.75, 3.05) is 13.7 Å². The van der Waals surface area contributed by atoms with Gasteiger partial charge >= 0.3 is 5.97 Å². The number of ether oxygens (including phenoxy) is 6. The molecule has 7 aliphatic heterocycles. The van der Waals surface area contributed by atoms with Crippen molar-refractivity contribution in [2.24, 2.45) is 17.4 Å². The van der Waals surface area contributed by atoms with E-state index in [1.54, 1.807) is 6.92 Å². The first-order valence-electron chi connectivity index (χ1n) is 32.2. The summed E-state index contributed by atoms with van der Waals surface area (Å²) >= 11 is 14.2. The van der Waals surface area contributed by atoms with Crippen LogP contribution in [-0.4, -0.2) is 191 Å². The lowest BCUT2D eigenvalue weighted by Gasteiger charge is -2.47. The Morgan fingerprint density at radius 1 is 0.745 bits per heavy atom. The van der Waals surface area contributed by atoms with E-state index in [1.807, 2.05) is 13.8 Å². The van der Waals surface area contributed by atoms with Crippen molar-refractivity contribution in [3.8, 4) is 57.1 Å². The number of primary amides is 1. The lowest BCUT2D eigenvalue weighted by atomic mass is 9.82. The number of hydrogen-bond acceptors (Lipinski definition) is 25. The van der Waals surface area contributed by atoms with E-state index in [2.05, 4.69) is 37.2 Å². The molecule has 18 atom stereocenters. The molecule has 5 unspecified atom stereocenters. The van der Waals surface area contributed by atoms with Crippen LogP contribution in [0.25, 0.3) is 11.1 Å². The summed E-state index contributed by atoms with van der Waals surface area (Å²) in [7, 11) is 1.48. The Hall–Kier alpha value is -9.20. The number of phenolic OH excluding ortho intramolecular Hbond substituents is 3. The lowest BCUT2D eigenvalue weighted by Crippen LogP contribution is -2.65. The van der Waals surface area contributed by atoms with E-state index in [0.717, 1.165) is 66.7 Å². The van der Waals surface area contributed by atoms with Gasteiger partial charge < -0.3 is 128 Å². The van der Waals surface area contributed by atoms with Gasteiger partial charge in [-0.1, -0.05) is 62.2 Å². The summed E-state index contributed by atoms with van der Waals surface area (Å²) in [6, 6.07) is 0.333. The van der Waals surface area contributed by atoms with Crippen LogP contribution in [0.5, 0.6) is 46.0 Å². The smallest absolute Gasteiger partial charge is 0.330 e. The van der Waals surface area contributed by atoms with Crippen molar-refractivity contribution in [1.82, 2.24) is 37.2 Å². The average Bonchev–Trinajstić information content (AvgIpc) is 0.768. The zero-order valence-electron chi connectivity index (χ0n) is 55.1. The molecule has 5 aromatic rings. The van der Waals surface area contributed by atoms with Crippen molar-refractivity contribution in [2.45, 2.75) is 163 Å². The molecule has 2 fully saturated rings. The molecule has 0 aliphatic carbocycles. The molecule has 11 bridgehead atoms. The van der Waals surface area contributed by atoms with Crippen LogP contribution in [0.2, 0.25) is 10.0 Å². The van der Waals surface area contributed by atoms with Crippen molar-refractivity contribution in [3.63, 3.8) is 0 Å². The fraction of sp³-hybridized carbons (Fsp3) is 0.433. The first-order valence-corrected chi connectivity index (χ1v) is 33.0. The number of aliphatic carboxylic acids is 1. The van der Waals surface area contributed by atoms with Gasteiger partial charge in [-0.05, 0) is 110 Å². The largest absolute Gasteiger partial charge is 0.508 e. The zero-order chi connectivity index (χ0) is 74.2. The zero-order valence-corrected chi connectivity index (χ0v) is 56.6. The number of amides is 6. The van der Waals surface area contributed by atoms with Crippen LogP contribution in [0.15, 0.2) is 78.9 Å². The molecule has 6 amide bonds. The molecule has 0 radical (unpaired) electrons. The van der Waals surface area contributed by atoms with Crippen LogP contribution in [0.3, 0.4) is 0 Å². The molecule has 0 aromatic heterocycles. The number of hydrogen-bond donors (Lipinski definition) is 20. The Morgan fingerprint density at radius 2 is 1.38 bits per heavy atom. The quantitative estimate of drug-likeness (QED) is 0.0736. The van der Waals surface area contributed by atoms with Gasteiger partial charge in [-0.2, -0.15) is 0 Å². The number of aliphatic hydroxyl groups is 6. The molecule has 7 aliphatic rings. The highest BCUT2D eigenvalue weighted by Crippen LogP contribution is 2.50. The first kappa shape index (κ1) is 75.5. The number of aromatic hydroxyl groups is 3. The van der Waals surface area contributed by atoms with Crippen LogP contribution in [-0.2, 0) is 47.8 Å². The van der Waals surface area contributed by atoms with Gasteiger partial charge in [0.1, 0.15) is 95.3 Å². The number of nitrogens with one attached hydrogen (secondary N) is 8. The number of carboxylic acids is 1. The molecule has 2 saturated heterocycles. The van der Waals surface area contributed by atoms with Crippen LogP contribution < -0.4 is 62.9 Å². The van der Waals surface area contributed by atoms with E-state index in [1.165, 1.54) is 26.1 Å². The minimum Gasteiger partial charge on any atom is -0.508 e. The van der Waals surface area contributed by atoms with Gasteiger partial charge in [0.25, 0.3) is 0 Å². The Labute approximate surface area is 591 Å². The van der Waals surface area contributed by atoms with Crippen molar-refractivity contribution in [1.29, 1.82) is 5.41 Å². The number of halogens is 2. The molecule has 5 aromatic carbocycles. The summed E-state index contributed by atoms with van der Waals surface area (Å²) in [4.78, 5) is 101. The number of carbonyl (C=O) groups is 7. The molecule has 548 valence electrons. The number of likely N-dealkylation sites (N-methyl/N-ethyl adjacent to an activating group) is 1. The van der Waals surface area contributed by atoms with Crippen molar-refractivity contribution >= 4 is 70.4 Å². The molecule has 33 nitrogen and oxygen atoms in total. The van der Waals surface area contributed by atoms with Gasteiger partial charge in [-0.3, -0.25) is 34.2 Å². The number of fused-ring (bicyclic) bond motifs is 15. The van der Waals surface area contributed by atoms with E-state index >= 15 is 9.59 Å². The summed E-state index contributed by atoms with van der Waals surface area (Å²) in [5, 5.41) is 142. The van der Waals surface area contributed by atoms with Gasteiger partial charge in [-0.25, -0.2) is 4.79 Å². The van der Waals surface area contributed by atoms with Crippen LogP contribution >= 0.6 is 23.2 Å². The molecule has 7 heterocycles. The molecule has 35 heteroatoms. The molecule has 0 spiro atoms. The Morgan fingerprint density at radius 3 is 1.97 bits per heavy atom. The van der Waals surface area contributed by atoms with Crippen molar-refractivity contribution in [3.05, 3.63) is 117 Å². The van der Waals surface area contributed by atoms with Gasteiger partial charge in [-0.15, -0.1) is 0 Å². The van der Waals surface area contributed by atoms with Gasteiger partial charge in [0.15, 0.2) is 29.9 Å². The fourth-order valence-electron chi connectivity index (χ4n) is 12.8. The van der Waals surface area contributed by atoms with E-state index < -0.39 is 226 Å². The van der Waals surface area contributed by atoms with Gasteiger partial charge in [0.05, 0.1) is 41.3 Å². The fourth-order valence-corrected chi connectivity index (χ4v) is 13.2. The molecule has 12 rings (SSSR count). The number of aliphatic hydroxyl groups excluding tert-OH is 6. The first-order chi connectivity index (χ1) is 48.2. The third-order valence-electron chi connectivity index (χ3n) is 18.3. The maximum atomic E-state index is 15.5. The Balaban J connectivity index is 1.24. The van der Waals surface area contributed by atoms with Gasteiger partial charge in [0.2, 0.25) is 47.5 Å². The van der Waals surface area contributed by atoms with Crippen LogP contribution in [0, 0.1) is 11.3 Å². The normalized spacial score (nSPS) is 29.3. The molecule has 0 saturated carbocycles. The Kier molecular flexibility index (Phi) is 22.8. The summed E-state index contributed by atoms with van der Waals surface area (Å²) in [5.41, 5.74) is 8.62. The summed E-state index contributed by atoms with van der Waals surface area (Å²) in [5.74, 6) is -14.9. The van der Waals surface area contributed by atoms with Crippen LogP contribution in [0.1, 0.15) is 112 Å². The van der Waals surface area contributed by atoms with E-state index in [0.29, 0.717) is 0 Å². The number of benzene rings is 5. The highest BCUT2D eigenvalue weighted by molar-refractivity contribution is 6.32. The SMILES string of the molecule is CCC1(N)C[C@H](OC2[C@@H](Oc3c4cc5cc3Oc3ccc(cc3Cl)[C@@H](O)[C@@H](NC(=O)[C@@H](CC(C)C)NC)C(=O)N[C@@H](CC(N)=O)C(=O)N[C@H]5C(=N)N[C@H]3C(=O)N[C@H](C(=O)N[C@H](C(=O)O)c5cc(O)cc(O)c5-c5cc3ccc5O)[C@H](O)c3ccc(c(Cl)c3)O4)OC(CO)C(O)[C@@H]2O)OC(C)[C@H]1O. The highest BCUT2D eigenvalue weighted by Gasteiger charge is 2.52. The number of nitrogens with two attached hydrogens (primary N) is 2. The minimum atomic E-state index is -2.25. The number of rotatable bonds is 14. The number of phenols is 3. The summed E-state index contributed by atoms with van der Waals surface area (Å²) in [6.45, 7) is 5.93. The second-order valence-electron chi connectivity index (χ2n) is 25.8. The van der Waals surface area contributed by atoms with Gasteiger partial charge in [0, 0.05) is 34.7 Å². The summed E-state index contributed by atoms with van der Waals surface area (Å²) < 4.78 is 38.7. The number of carbonyl (C=O) groups excluding carboxylic acids is 6. The topological polar surface area (TPSA) is 537 Å². The maximum absolute atomic E-state index is 15.5. The highest BCUT2D eigenvalue weighted by atomic mass is 35.5. The van der Waals surface area contributed by atoms with Crippen LogP contribution in [0.4, 0.5) is 0 Å². The molecule has 22 N–H and O–H groups in total. The summed E-state index contributed by atoms with van der Waals surface area (Å²) in [6.07, 6.45) is -18.1. The lowest BCUT2D eigenvalue weighted by molar-refractivity contribution is -0.334. The second-order valence-corrected chi connectivity index (χ2v) is 26.7. The molecule has 102 heavy (non-hydrogen) atoms. The standard InChI is InChI=1S/C67H78Cl2N10O23/c1-6-67(72)22-45(97-25(4)58(67)89)101-57-55(88)54(87)43(23-80)100-66(57)102-56-41-17-29-18-42(56)99-40-12-9-28(16-34(40)69)53(86)51-64(94)77-49(65(95)96)32-19-30(81)20-38(83)46(32)31-14-26(7-10-37(31)82)48(62(92)79-51)75-59(71)47(29)76-61(91)36(21-44(70)84)74-63(93)50(78-60(90)35(73-5)13-24(2)3)52(85)27-8-11-39(98-41)33(68)15-27/h7-12,14-20,24-25,35-36,43,45,47-55,57-58,66,73,80-83,85-89H,6,13,21-23,72H2,1-5H3,(H2,70,84)(H2,71,75)(H,74,93)(H,76,91)(H,77,94)(H,78,90)(H,79,92)(H,95,96)/t25?,35-,36+,43?,45+,47-,48-,49+,50-,51+,52-,53-,54?,55+,57?,58-,66-,67?/m1/s1. The molecular formula is C67H78Cl2N10O23. The minimum absolute atomic E-state index is 0.0876. The number of carboxylic acid groups (broad SMARTS) is 1. The Bertz CT molecular complexity index is 4100. The predicted molar refractivity (Wildman–Crippen MR) is 357 cm³/mol. The molecular weight excluding hydrogens is 1380 g/mol.